The molecule has 4 heteroatoms. The van der Waals surface area contributed by atoms with Gasteiger partial charge in [-0.1, -0.05) is 20.8 Å². The zero-order valence-electron chi connectivity index (χ0n) is 12.6. The highest BCUT2D eigenvalue weighted by Crippen LogP contribution is 2.33. The Morgan fingerprint density at radius 3 is 2.85 bits per heavy atom. The van der Waals surface area contributed by atoms with Crippen LogP contribution in [0.3, 0.4) is 0 Å². The van der Waals surface area contributed by atoms with E-state index in [2.05, 4.69) is 31.7 Å². The molecule has 0 saturated carbocycles. The number of thiophene rings is 1. The van der Waals surface area contributed by atoms with Crippen molar-refractivity contribution in [3.8, 4) is 0 Å². The first-order chi connectivity index (χ1) is 9.71. The Hall–Kier alpha value is -1.16. The minimum absolute atomic E-state index is 0.767. The molecule has 3 heterocycles. The van der Waals surface area contributed by atoms with Gasteiger partial charge in [0.1, 0.15) is 16.5 Å². The summed E-state index contributed by atoms with van der Waals surface area (Å²) in [6, 6.07) is 2.30. The van der Waals surface area contributed by atoms with Crippen LogP contribution in [0, 0.1) is 5.92 Å². The van der Waals surface area contributed by atoms with Crippen molar-refractivity contribution in [2.24, 2.45) is 5.92 Å². The molecule has 1 fully saturated rings. The Morgan fingerprint density at radius 1 is 1.30 bits per heavy atom. The molecule has 2 aromatic rings. The highest BCUT2D eigenvalue weighted by molar-refractivity contribution is 7.18. The van der Waals surface area contributed by atoms with E-state index in [1.165, 1.54) is 33.8 Å². The molecule has 108 valence electrons. The van der Waals surface area contributed by atoms with E-state index in [4.69, 9.17) is 9.97 Å². The zero-order valence-corrected chi connectivity index (χ0v) is 13.5. The van der Waals surface area contributed by atoms with Crippen LogP contribution >= 0.6 is 11.3 Å². The largest absolute Gasteiger partial charge is 0.356 e. The first-order valence-electron chi connectivity index (χ1n) is 7.75. The second kappa shape index (κ2) is 5.68. The van der Waals surface area contributed by atoms with Crippen LogP contribution in [-0.4, -0.2) is 23.1 Å². The second-order valence-electron chi connectivity index (χ2n) is 5.80. The van der Waals surface area contributed by atoms with Crippen LogP contribution in [0.25, 0.3) is 10.2 Å². The summed E-state index contributed by atoms with van der Waals surface area (Å²) in [5, 5.41) is 1.26. The summed E-state index contributed by atoms with van der Waals surface area (Å²) >= 11 is 1.83. The first-order valence-corrected chi connectivity index (χ1v) is 8.57. The summed E-state index contributed by atoms with van der Waals surface area (Å²) in [5.74, 6) is 2.92. The smallest absolute Gasteiger partial charge is 0.141 e. The lowest BCUT2D eigenvalue weighted by atomic mass is 10.0. The molecule has 1 atom stereocenters. The van der Waals surface area contributed by atoms with Gasteiger partial charge in [-0.25, -0.2) is 9.97 Å². The van der Waals surface area contributed by atoms with Gasteiger partial charge in [0.25, 0.3) is 0 Å². The highest BCUT2D eigenvalue weighted by Gasteiger charge is 2.21. The lowest BCUT2D eigenvalue weighted by Crippen LogP contribution is -2.35. The maximum atomic E-state index is 4.85. The third kappa shape index (κ3) is 2.53. The van der Waals surface area contributed by atoms with Gasteiger partial charge in [-0.3, -0.25) is 0 Å². The number of hydrogen-bond acceptors (Lipinski definition) is 4. The van der Waals surface area contributed by atoms with Crippen molar-refractivity contribution in [3.63, 3.8) is 0 Å². The lowest BCUT2D eigenvalue weighted by Gasteiger charge is -2.32. The molecule has 0 spiro atoms. The van der Waals surface area contributed by atoms with Crippen molar-refractivity contribution in [2.75, 3.05) is 18.0 Å². The van der Waals surface area contributed by atoms with E-state index >= 15 is 0 Å². The van der Waals surface area contributed by atoms with Crippen molar-refractivity contribution in [3.05, 3.63) is 16.8 Å². The molecule has 0 radical (unpaired) electrons. The topological polar surface area (TPSA) is 29.0 Å². The number of aryl methyl sites for hydroxylation is 2. The summed E-state index contributed by atoms with van der Waals surface area (Å²) in [5.41, 5.74) is 0. The quantitative estimate of drug-likeness (QED) is 0.853. The maximum absolute atomic E-state index is 4.85. The minimum Gasteiger partial charge on any atom is -0.356 e. The molecule has 1 aliphatic heterocycles. The molecule has 1 saturated heterocycles. The number of nitrogens with zero attached hydrogens (tertiary/aromatic N) is 3. The van der Waals surface area contributed by atoms with Crippen LogP contribution in [0.2, 0.25) is 0 Å². The van der Waals surface area contributed by atoms with Gasteiger partial charge >= 0.3 is 0 Å². The summed E-state index contributed by atoms with van der Waals surface area (Å²) < 4.78 is 0. The lowest BCUT2D eigenvalue weighted by molar-refractivity contribution is 0.445. The van der Waals surface area contributed by atoms with Crippen molar-refractivity contribution >= 4 is 27.4 Å². The number of piperidine rings is 1. The molecule has 1 aliphatic rings. The van der Waals surface area contributed by atoms with Gasteiger partial charge in [0.05, 0.1) is 5.39 Å². The second-order valence-corrected chi connectivity index (χ2v) is 6.91. The molecule has 0 bridgehead atoms. The summed E-state index contributed by atoms with van der Waals surface area (Å²) in [6.45, 7) is 8.96. The van der Waals surface area contributed by atoms with Gasteiger partial charge in [-0.15, -0.1) is 11.3 Å². The molecule has 0 aliphatic carbocycles. The number of rotatable bonds is 3. The number of anilines is 1. The summed E-state index contributed by atoms with van der Waals surface area (Å²) in [4.78, 5) is 14.6. The molecule has 0 N–H and O–H groups in total. The predicted molar refractivity (Wildman–Crippen MR) is 86.8 cm³/mol. The SMILES string of the molecule is CCc1nc(N2CCCC(C)C2)c2cc(CC)sc2n1. The number of aromatic nitrogens is 2. The summed E-state index contributed by atoms with van der Waals surface area (Å²) in [6.07, 6.45) is 4.61. The van der Waals surface area contributed by atoms with Crippen molar-refractivity contribution in [1.29, 1.82) is 0 Å². The van der Waals surface area contributed by atoms with E-state index in [-0.39, 0.29) is 0 Å². The van der Waals surface area contributed by atoms with Gasteiger partial charge in [0.15, 0.2) is 0 Å². The van der Waals surface area contributed by atoms with Crippen LogP contribution in [0.1, 0.15) is 44.3 Å². The van der Waals surface area contributed by atoms with E-state index in [0.717, 1.165) is 37.7 Å². The molecule has 3 nitrogen and oxygen atoms in total. The molecule has 1 unspecified atom stereocenters. The van der Waals surface area contributed by atoms with Crippen LogP contribution in [-0.2, 0) is 12.8 Å². The molecular weight excluding hydrogens is 266 g/mol. The van der Waals surface area contributed by atoms with Crippen LogP contribution in [0.4, 0.5) is 5.82 Å². The fourth-order valence-corrected chi connectivity index (χ4v) is 3.94. The van der Waals surface area contributed by atoms with Gasteiger partial charge < -0.3 is 4.90 Å². The number of fused-ring (bicyclic) bond motifs is 1. The van der Waals surface area contributed by atoms with E-state index in [1.807, 2.05) is 11.3 Å². The Kier molecular flexibility index (Phi) is 3.92. The number of hydrogen-bond donors (Lipinski definition) is 0. The zero-order chi connectivity index (χ0) is 14.1. The Bertz CT molecular complexity index is 605. The molecule has 3 rings (SSSR count). The monoisotopic (exact) mass is 289 g/mol. The summed E-state index contributed by atoms with van der Waals surface area (Å²) in [7, 11) is 0. The molecule has 0 amide bonds. The molecule has 0 aromatic carbocycles. The standard InChI is InChI=1S/C16H23N3S/c1-4-12-9-13-15(19-8-6-7-11(3)10-19)17-14(5-2)18-16(13)20-12/h9,11H,4-8,10H2,1-3H3. The normalized spacial score (nSPS) is 19.8. The van der Waals surface area contributed by atoms with Crippen molar-refractivity contribution in [1.82, 2.24) is 9.97 Å². The predicted octanol–water partition coefficient (Wildman–Crippen LogP) is 4.05. The van der Waals surface area contributed by atoms with Crippen molar-refractivity contribution in [2.45, 2.75) is 46.5 Å². The van der Waals surface area contributed by atoms with E-state index < -0.39 is 0 Å². The average Bonchev–Trinajstić information content (AvgIpc) is 2.89. The molecular formula is C16H23N3S. The van der Waals surface area contributed by atoms with Crippen LogP contribution in [0.5, 0.6) is 0 Å². The third-order valence-electron chi connectivity index (χ3n) is 4.09. The molecule has 2 aromatic heterocycles. The fraction of sp³-hybridized carbons (Fsp3) is 0.625. The fourth-order valence-electron chi connectivity index (χ4n) is 2.95. The Morgan fingerprint density at radius 2 is 2.15 bits per heavy atom. The Balaban J connectivity index is 2.09. The first kappa shape index (κ1) is 13.8. The van der Waals surface area contributed by atoms with Crippen LogP contribution < -0.4 is 4.90 Å². The van der Waals surface area contributed by atoms with Crippen molar-refractivity contribution < 1.29 is 0 Å². The third-order valence-corrected chi connectivity index (χ3v) is 5.26. The molecule has 20 heavy (non-hydrogen) atoms. The van der Waals surface area contributed by atoms with Gasteiger partial charge in [-0.2, -0.15) is 0 Å². The van der Waals surface area contributed by atoms with Crippen LogP contribution in [0.15, 0.2) is 6.07 Å². The van der Waals surface area contributed by atoms with Gasteiger partial charge in [0, 0.05) is 24.4 Å². The Labute approximate surface area is 125 Å². The van der Waals surface area contributed by atoms with Gasteiger partial charge in [-0.05, 0) is 31.2 Å². The highest BCUT2D eigenvalue weighted by atomic mass is 32.1. The average molecular weight is 289 g/mol. The van der Waals surface area contributed by atoms with Gasteiger partial charge in [0.2, 0.25) is 0 Å². The van der Waals surface area contributed by atoms with E-state index in [1.54, 1.807) is 0 Å². The maximum Gasteiger partial charge on any atom is 0.141 e. The minimum atomic E-state index is 0.767. The van der Waals surface area contributed by atoms with E-state index in [9.17, 15) is 0 Å². The van der Waals surface area contributed by atoms with E-state index in [0.29, 0.717) is 0 Å².